The van der Waals surface area contributed by atoms with Crippen molar-refractivity contribution >= 4 is 34.8 Å². The summed E-state index contributed by atoms with van der Waals surface area (Å²) >= 11 is 6.04. The molecule has 2 saturated heterocycles. The van der Waals surface area contributed by atoms with E-state index in [4.69, 9.17) is 16.3 Å². The van der Waals surface area contributed by atoms with Crippen molar-refractivity contribution in [3.8, 4) is 0 Å². The minimum atomic E-state index is -0.597. The van der Waals surface area contributed by atoms with Crippen molar-refractivity contribution in [3.63, 3.8) is 0 Å². The lowest BCUT2D eigenvalue weighted by molar-refractivity contribution is -0.384. The second kappa shape index (κ2) is 4.37. The Kier molecular flexibility index (Phi) is 2.67. The third-order valence-electron chi connectivity index (χ3n) is 4.29. The average molecular weight is 321 g/mol. The van der Waals surface area contributed by atoms with Gasteiger partial charge in [-0.05, 0) is 6.07 Å². The summed E-state index contributed by atoms with van der Waals surface area (Å²) in [4.78, 5) is 36.4. The summed E-state index contributed by atoms with van der Waals surface area (Å²) in [6, 6.07) is 3.69. The summed E-state index contributed by atoms with van der Waals surface area (Å²) in [5.41, 5.74) is -0.172. The van der Waals surface area contributed by atoms with Crippen LogP contribution in [0, 0.1) is 22.0 Å². The lowest BCUT2D eigenvalue weighted by Crippen LogP contribution is -2.34. The fraction of sp³-hybridized carbons (Fsp3) is 0.286. The number of nitro groups is 1. The van der Waals surface area contributed by atoms with Crippen LogP contribution < -0.4 is 4.90 Å². The molecule has 2 fully saturated rings. The van der Waals surface area contributed by atoms with Crippen LogP contribution in [0.15, 0.2) is 30.4 Å². The van der Waals surface area contributed by atoms with E-state index in [0.717, 1.165) is 11.0 Å². The Morgan fingerprint density at radius 1 is 1.14 bits per heavy atom. The van der Waals surface area contributed by atoms with E-state index in [2.05, 4.69) is 0 Å². The van der Waals surface area contributed by atoms with Crippen LogP contribution in [0.5, 0.6) is 0 Å². The molecule has 3 heterocycles. The predicted octanol–water partition coefficient (Wildman–Crippen LogP) is 1.69. The number of benzene rings is 1. The quantitative estimate of drug-likeness (QED) is 0.358. The second-order valence-electron chi connectivity index (χ2n) is 5.41. The zero-order chi connectivity index (χ0) is 15.6. The molecule has 0 aromatic heterocycles. The van der Waals surface area contributed by atoms with E-state index in [-0.39, 0.29) is 16.4 Å². The fourth-order valence-corrected chi connectivity index (χ4v) is 3.53. The van der Waals surface area contributed by atoms with Crippen LogP contribution in [-0.4, -0.2) is 28.9 Å². The Labute approximate surface area is 129 Å². The SMILES string of the molecule is O=C1[C@@H]2[C@H](C(=O)N1c1cc([N+](=O)[O-])ccc1Cl)[C@H]1C=C[C@@H]2O1. The van der Waals surface area contributed by atoms with Gasteiger partial charge >= 0.3 is 0 Å². The Bertz CT molecular complexity index is 732. The first-order chi connectivity index (χ1) is 10.5. The molecule has 3 aliphatic rings. The molecule has 0 unspecified atom stereocenters. The third-order valence-corrected chi connectivity index (χ3v) is 4.61. The van der Waals surface area contributed by atoms with Crippen LogP contribution in [0.25, 0.3) is 0 Å². The number of nitro benzene ring substituents is 1. The number of hydrogen-bond donors (Lipinski definition) is 0. The molecule has 1 aromatic carbocycles. The summed E-state index contributed by atoms with van der Waals surface area (Å²) in [7, 11) is 0. The van der Waals surface area contributed by atoms with Crippen molar-refractivity contribution in [1.82, 2.24) is 0 Å². The average Bonchev–Trinajstić information content (AvgIpc) is 3.14. The molecule has 7 nitrogen and oxygen atoms in total. The molecule has 0 saturated carbocycles. The number of hydrogen-bond acceptors (Lipinski definition) is 5. The maximum Gasteiger partial charge on any atom is 0.271 e. The van der Waals surface area contributed by atoms with Gasteiger partial charge in [-0.2, -0.15) is 0 Å². The number of amides is 2. The molecule has 0 N–H and O–H groups in total. The molecular weight excluding hydrogens is 312 g/mol. The lowest BCUT2D eigenvalue weighted by Gasteiger charge is -2.18. The number of fused-ring (bicyclic) bond motifs is 5. The molecule has 112 valence electrons. The first-order valence-electron chi connectivity index (χ1n) is 6.64. The van der Waals surface area contributed by atoms with Crippen molar-refractivity contribution < 1.29 is 19.2 Å². The van der Waals surface area contributed by atoms with Gasteiger partial charge in [0.2, 0.25) is 11.8 Å². The third kappa shape index (κ3) is 1.60. The van der Waals surface area contributed by atoms with E-state index in [1.54, 1.807) is 12.2 Å². The van der Waals surface area contributed by atoms with Gasteiger partial charge in [0.15, 0.2) is 0 Å². The van der Waals surface area contributed by atoms with E-state index in [1.807, 2.05) is 0 Å². The molecule has 4 atom stereocenters. The largest absolute Gasteiger partial charge is 0.365 e. The Balaban J connectivity index is 1.79. The highest BCUT2D eigenvalue weighted by Crippen LogP contribution is 2.47. The Morgan fingerprint density at radius 3 is 2.27 bits per heavy atom. The molecule has 0 aliphatic carbocycles. The van der Waals surface area contributed by atoms with E-state index >= 15 is 0 Å². The van der Waals surface area contributed by atoms with Gasteiger partial charge in [-0.1, -0.05) is 23.8 Å². The van der Waals surface area contributed by atoms with Gasteiger partial charge in [-0.3, -0.25) is 19.7 Å². The van der Waals surface area contributed by atoms with E-state index in [0.29, 0.717) is 0 Å². The van der Waals surface area contributed by atoms with Crippen molar-refractivity contribution in [2.75, 3.05) is 4.90 Å². The van der Waals surface area contributed by atoms with Crippen LogP contribution in [0.4, 0.5) is 11.4 Å². The number of rotatable bonds is 2. The Morgan fingerprint density at radius 2 is 1.73 bits per heavy atom. The van der Waals surface area contributed by atoms with Crippen molar-refractivity contribution in [3.05, 3.63) is 45.5 Å². The molecule has 22 heavy (non-hydrogen) atoms. The van der Waals surface area contributed by atoms with Gasteiger partial charge in [-0.25, -0.2) is 4.90 Å². The molecule has 1 aromatic rings. The number of halogens is 1. The molecule has 2 amide bonds. The van der Waals surface area contributed by atoms with Crippen LogP contribution in [0.1, 0.15) is 0 Å². The summed E-state index contributed by atoms with van der Waals surface area (Å²) in [5, 5.41) is 11.0. The molecule has 4 rings (SSSR count). The van der Waals surface area contributed by atoms with Crippen LogP contribution in [-0.2, 0) is 14.3 Å². The van der Waals surface area contributed by atoms with Gasteiger partial charge in [-0.15, -0.1) is 0 Å². The number of imide groups is 1. The number of carbonyl (C=O) groups is 2. The van der Waals surface area contributed by atoms with Crippen LogP contribution in [0.3, 0.4) is 0 Å². The highest BCUT2D eigenvalue weighted by Gasteiger charge is 2.61. The standard InChI is InChI=1S/C14H9ClN2O5/c15-7-2-1-6(17(20)21)5-8(7)16-13(18)11-9-3-4-10(22-9)12(11)14(16)19/h1-5,9-12H/t9-,10+,11-,12+. The van der Waals surface area contributed by atoms with Gasteiger partial charge in [0.05, 0.1) is 39.7 Å². The van der Waals surface area contributed by atoms with E-state index < -0.39 is 40.8 Å². The number of non-ortho nitro benzene ring substituents is 1. The minimum absolute atomic E-state index is 0.0552. The molecule has 2 bridgehead atoms. The normalized spacial score (nSPS) is 32.0. The Hall–Kier alpha value is -2.25. The molecule has 0 spiro atoms. The topological polar surface area (TPSA) is 89.8 Å². The highest BCUT2D eigenvalue weighted by molar-refractivity contribution is 6.36. The van der Waals surface area contributed by atoms with Gasteiger partial charge in [0.1, 0.15) is 0 Å². The number of anilines is 1. The number of ether oxygens (including phenoxy) is 1. The number of nitrogens with zero attached hydrogens (tertiary/aromatic N) is 2. The first kappa shape index (κ1) is 13.4. The van der Waals surface area contributed by atoms with Gasteiger partial charge in [0.25, 0.3) is 5.69 Å². The summed E-state index contributed by atoms with van der Waals surface area (Å²) in [5.74, 6) is -1.99. The van der Waals surface area contributed by atoms with Gasteiger partial charge in [0, 0.05) is 12.1 Å². The first-order valence-corrected chi connectivity index (χ1v) is 7.02. The van der Waals surface area contributed by atoms with E-state index in [9.17, 15) is 19.7 Å². The smallest absolute Gasteiger partial charge is 0.271 e. The highest BCUT2D eigenvalue weighted by atomic mass is 35.5. The van der Waals surface area contributed by atoms with Gasteiger partial charge < -0.3 is 4.74 Å². The van der Waals surface area contributed by atoms with Crippen LogP contribution in [0.2, 0.25) is 5.02 Å². The maximum atomic E-state index is 12.6. The van der Waals surface area contributed by atoms with E-state index in [1.165, 1.54) is 12.1 Å². The summed E-state index contributed by atoms with van der Waals surface area (Å²) in [6.07, 6.45) is 2.73. The molecule has 8 heteroatoms. The van der Waals surface area contributed by atoms with Crippen molar-refractivity contribution in [1.29, 1.82) is 0 Å². The summed E-state index contributed by atoms with van der Waals surface area (Å²) in [6.45, 7) is 0. The fourth-order valence-electron chi connectivity index (χ4n) is 3.33. The molecule has 0 radical (unpaired) electrons. The predicted molar refractivity (Wildman–Crippen MR) is 75.4 cm³/mol. The lowest BCUT2D eigenvalue weighted by atomic mass is 9.85. The number of carbonyl (C=O) groups excluding carboxylic acids is 2. The zero-order valence-corrected chi connectivity index (χ0v) is 11.8. The summed E-state index contributed by atoms with van der Waals surface area (Å²) < 4.78 is 5.54. The minimum Gasteiger partial charge on any atom is -0.365 e. The zero-order valence-electron chi connectivity index (χ0n) is 11.0. The van der Waals surface area contributed by atoms with Crippen molar-refractivity contribution in [2.24, 2.45) is 11.8 Å². The van der Waals surface area contributed by atoms with Crippen molar-refractivity contribution in [2.45, 2.75) is 12.2 Å². The molecular formula is C14H9ClN2O5. The van der Waals surface area contributed by atoms with Crippen LogP contribution >= 0.6 is 11.6 Å². The maximum absolute atomic E-state index is 12.6. The molecule has 3 aliphatic heterocycles. The second-order valence-corrected chi connectivity index (χ2v) is 5.81. The monoisotopic (exact) mass is 320 g/mol.